The van der Waals surface area contributed by atoms with E-state index in [4.69, 9.17) is 15.9 Å². The summed E-state index contributed by atoms with van der Waals surface area (Å²) in [5.74, 6) is -0.964. The van der Waals surface area contributed by atoms with Crippen molar-refractivity contribution in [2.75, 3.05) is 0 Å². The van der Waals surface area contributed by atoms with Gasteiger partial charge in [-0.2, -0.15) is 8.78 Å². The van der Waals surface area contributed by atoms with Gasteiger partial charge in [-0.05, 0) is 24.3 Å². The number of benzene rings is 1. The van der Waals surface area contributed by atoms with E-state index in [9.17, 15) is 18.7 Å². The Kier molecular flexibility index (Phi) is 12.8. The second-order valence-corrected chi connectivity index (χ2v) is 6.93. The van der Waals surface area contributed by atoms with Crippen molar-refractivity contribution in [3.8, 4) is 30.1 Å². The average molecular weight is 480 g/mol. The van der Waals surface area contributed by atoms with E-state index in [0.29, 0.717) is 10.9 Å². The Morgan fingerprint density at radius 1 is 1.15 bits per heavy atom. The third kappa shape index (κ3) is 7.77. The molecule has 0 aliphatic rings. The number of primary amides is 1. The third-order valence-electron chi connectivity index (χ3n) is 4.02. The number of oxazole rings is 1. The zero-order chi connectivity index (χ0) is 25.8. The van der Waals surface area contributed by atoms with Crippen LogP contribution in [0.1, 0.15) is 62.5 Å². The Morgan fingerprint density at radius 3 is 2.15 bits per heavy atom. The first-order valence-electron chi connectivity index (χ1n) is 10.3. The van der Waals surface area contributed by atoms with Gasteiger partial charge in [-0.3, -0.25) is 4.79 Å². The first kappa shape index (κ1) is 29.9. The fourth-order valence-electron chi connectivity index (χ4n) is 2.37. The number of aromatic hydroxyl groups is 1. The van der Waals surface area contributed by atoms with Crippen LogP contribution in [0.2, 0.25) is 0 Å². The molecule has 0 saturated carbocycles. The number of hydrogen-bond donors (Lipinski definition) is 3. The molecule has 33 heavy (non-hydrogen) atoms. The highest BCUT2D eigenvalue weighted by Crippen LogP contribution is 2.38. The first-order chi connectivity index (χ1) is 15.6. The number of terminal acetylenes is 1. The molecule has 180 valence electrons. The van der Waals surface area contributed by atoms with Gasteiger partial charge in [0.1, 0.15) is 17.0 Å². The second kappa shape index (κ2) is 14.1. The zero-order valence-electron chi connectivity index (χ0n) is 19.2. The van der Waals surface area contributed by atoms with Crippen LogP contribution in [-0.2, 0) is 12.2 Å². The molecule has 0 aliphatic carbocycles. The molecule has 1 unspecified atom stereocenters. The van der Waals surface area contributed by atoms with Gasteiger partial charge < -0.3 is 21.0 Å². The molecule has 0 aliphatic heterocycles. The number of carbonyl (C=O) groups is 1. The maximum atomic E-state index is 13.5. The predicted octanol–water partition coefficient (Wildman–Crippen LogP) is 5.16. The van der Waals surface area contributed by atoms with Crippen molar-refractivity contribution >= 4 is 26.0 Å². The van der Waals surface area contributed by atoms with Crippen molar-refractivity contribution in [1.29, 1.82) is 0 Å². The number of halogens is 2. The van der Waals surface area contributed by atoms with Gasteiger partial charge in [0.25, 0.3) is 11.6 Å². The lowest BCUT2D eigenvalue weighted by molar-refractivity contribution is 0.0985. The maximum absolute atomic E-state index is 13.5. The number of carbonyl (C=O) groups excluding carboxylic acids is 1. The van der Waals surface area contributed by atoms with Crippen molar-refractivity contribution in [1.82, 2.24) is 9.97 Å². The number of rotatable bonds is 5. The molecule has 1 amide bonds. The monoisotopic (exact) mass is 480 g/mol. The van der Waals surface area contributed by atoms with Crippen LogP contribution in [0.25, 0.3) is 22.4 Å². The highest BCUT2D eigenvalue weighted by molar-refractivity contribution is 7.17. The van der Waals surface area contributed by atoms with Crippen LogP contribution in [0.15, 0.2) is 28.7 Å². The van der Waals surface area contributed by atoms with Gasteiger partial charge in [0.2, 0.25) is 5.89 Å². The molecule has 7 nitrogen and oxygen atoms in total. The highest BCUT2D eigenvalue weighted by Gasteiger charge is 2.27. The van der Waals surface area contributed by atoms with E-state index in [1.54, 1.807) is 0 Å². The number of phenols is 1. The summed E-state index contributed by atoms with van der Waals surface area (Å²) in [5.41, 5.74) is 7.15. The second-order valence-electron chi connectivity index (χ2n) is 6.21. The van der Waals surface area contributed by atoms with Crippen LogP contribution in [0.5, 0.6) is 5.75 Å². The lowest BCUT2D eigenvalue weighted by Gasteiger charge is -2.11. The summed E-state index contributed by atoms with van der Waals surface area (Å²) in [4.78, 5) is 19.2. The molecule has 3 rings (SSSR count). The molecule has 5 N–H and O–H groups in total. The van der Waals surface area contributed by atoms with Gasteiger partial charge in [-0.25, -0.2) is 9.97 Å². The van der Waals surface area contributed by atoms with Gasteiger partial charge in [0.05, 0.1) is 6.54 Å². The van der Waals surface area contributed by atoms with Crippen LogP contribution < -0.4 is 11.5 Å². The van der Waals surface area contributed by atoms with E-state index in [1.807, 2.05) is 13.8 Å². The Morgan fingerprint density at radius 2 is 1.73 bits per heavy atom. The van der Waals surface area contributed by atoms with Gasteiger partial charge in [0, 0.05) is 10.9 Å². The zero-order valence-corrected chi connectivity index (χ0v) is 20.4. The van der Waals surface area contributed by atoms with Gasteiger partial charge >= 0.3 is 0 Å². The van der Waals surface area contributed by atoms with E-state index in [-0.39, 0.29) is 35.2 Å². The van der Waals surface area contributed by atoms with Crippen molar-refractivity contribution in [3.63, 3.8) is 0 Å². The molecular formula is C23H31F2N4O3P. The fourth-order valence-corrected chi connectivity index (χ4v) is 2.53. The molecule has 1 atom stereocenters. The van der Waals surface area contributed by atoms with Crippen molar-refractivity contribution < 1.29 is 23.1 Å². The third-order valence-corrected chi connectivity index (χ3v) is 4.32. The Balaban J connectivity index is 0.00000113. The molecule has 0 spiro atoms. The highest BCUT2D eigenvalue weighted by atomic mass is 31.0. The van der Waals surface area contributed by atoms with Crippen LogP contribution >= 0.6 is 9.24 Å². The maximum Gasteiger partial charge on any atom is 0.300 e. The number of aromatic nitrogens is 2. The number of fused-ring (bicyclic) bond motifs is 1. The van der Waals surface area contributed by atoms with Crippen molar-refractivity contribution in [2.45, 2.75) is 52.7 Å². The minimum absolute atomic E-state index is 0.0198. The standard InChI is InChI=1S/C15H13F2N4O3P.C4H10.C2H6.C2H2/c16-15(17,25)10-4-2-6-7(1-3-8(22)11(6)20-10)14-21-12(13(19)23)9(5-18)24-14;1-3-4-2;2*1-2/h1-4,22H,5,18,25H2,(H2,19,23);3-4H2,1-2H3;1-2H3;1-2H. The number of phenolic OH excluding ortho intramolecular Hbond substituents is 1. The van der Waals surface area contributed by atoms with E-state index in [1.165, 1.54) is 40.3 Å². The summed E-state index contributed by atoms with van der Waals surface area (Å²) < 4.78 is 32.4. The number of unbranched alkanes of at least 4 members (excludes halogenated alkanes) is 1. The van der Waals surface area contributed by atoms with Gasteiger partial charge in [-0.15, -0.1) is 12.8 Å². The molecule has 0 bridgehead atoms. The lowest BCUT2D eigenvalue weighted by Crippen LogP contribution is -2.14. The quantitative estimate of drug-likeness (QED) is 0.342. The molecule has 0 saturated heterocycles. The smallest absolute Gasteiger partial charge is 0.300 e. The largest absolute Gasteiger partial charge is 0.506 e. The number of nitrogens with two attached hydrogens (primary N) is 2. The van der Waals surface area contributed by atoms with Crippen LogP contribution in [0.3, 0.4) is 0 Å². The SMILES string of the molecule is C#C.CC.CCCC.NCc1oc(-c2ccc(O)c3nc(C(F)(F)P)ccc23)nc1C(N)=O. The molecule has 0 radical (unpaired) electrons. The fraction of sp³-hybridized carbons (Fsp3) is 0.348. The summed E-state index contributed by atoms with van der Waals surface area (Å²) in [6.45, 7) is 8.27. The summed E-state index contributed by atoms with van der Waals surface area (Å²) in [6, 6.07) is 5.22. The number of nitrogens with zero attached hydrogens (tertiary/aromatic N) is 2. The van der Waals surface area contributed by atoms with Crippen LogP contribution in [0.4, 0.5) is 8.78 Å². The summed E-state index contributed by atoms with van der Waals surface area (Å²) in [5, 5.41) is 10.3. The Bertz CT molecular complexity index is 1060. The molecule has 3 aromatic rings. The molecular weight excluding hydrogens is 449 g/mol. The molecule has 0 fully saturated rings. The Labute approximate surface area is 195 Å². The minimum Gasteiger partial charge on any atom is -0.506 e. The van der Waals surface area contributed by atoms with E-state index >= 15 is 0 Å². The van der Waals surface area contributed by atoms with Crippen LogP contribution in [-0.4, -0.2) is 21.0 Å². The number of amides is 1. The normalized spacial score (nSPS) is 10.1. The lowest BCUT2D eigenvalue weighted by atomic mass is 10.1. The number of alkyl halides is 2. The van der Waals surface area contributed by atoms with E-state index in [0.717, 1.165) is 6.07 Å². The van der Waals surface area contributed by atoms with Crippen molar-refractivity contribution in [3.05, 3.63) is 41.4 Å². The summed E-state index contributed by atoms with van der Waals surface area (Å²) in [7, 11) is 1.38. The minimum atomic E-state index is -3.24. The average Bonchev–Trinajstić information content (AvgIpc) is 3.26. The predicted molar refractivity (Wildman–Crippen MR) is 131 cm³/mol. The summed E-state index contributed by atoms with van der Waals surface area (Å²) in [6.07, 6.45) is 10.6. The van der Waals surface area contributed by atoms with Gasteiger partial charge in [0.15, 0.2) is 11.5 Å². The molecule has 2 heterocycles. The number of pyridine rings is 1. The molecule has 1 aromatic carbocycles. The van der Waals surface area contributed by atoms with Crippen LogP contribution in [0, 0.1) is 12.8 Å². The Hall–Kier alpha value is -3.08. The topological polar surface area (TPSA) is 128 Å². The molecule has 2 aromatic heterocycles. The van der Waals surface area contributed by atoms with Crippen molar-refractivity contribution in [2.24, 2.45) is 11.5 Å². The summed E-state index contributed by atoms with van der Waals surface area (Å²) >= 11 is 0. The first-order valence-corrected chi connectivity index (χ1v) is 10.8. The van der Waals surface area contributed by atoms with Gasteiger partial charge in [-0.1, -0.05) is 49.8 Å². The van der Waals surface area contributed by atoms with E-state index in [2.05, 4.69) is 36.7 Å². The molecule has 10 heteroatoms. The van der Waals surface area contributed by atoms with E-state index < -0.39 is 17.3 Å². The number of hydrogen-bond acceptors (Lipinski definition) is 6.